The monoisotopic (exact) mass is 353 g/mol. The van der Waals surface area contributed by atoms with Crippen LogP contribution >= 0.6 is 0 Å². The van der Waals surface area contributed by atoms with Crippen molar-refractivity contribution < 1.29 is 14.3 Å². The molecule has 1 aliphatic rings. The first-order chi connectivity index (χ1) is 12.2. The van der Waals surface area contributed by atoms with Crippen LogP contribution in [0.4, 0.5) is 4.79 Å². The molecule has 1 aliphatic heterocycles. The van der Waals surface area contributed by atoms with E-state index in [-0.39, 0.29) is 6.09 Å². The minimum Gasteiger partial charge on any atom is -0.444 e. The molecule has 3 rings (SSSR count). The third-order valence-corrected chi connectivity index (χ3v) is 4.21. The zero-order valence-electron chi connectivity index (χ0n) is 15.3. The van der Waals surface area contributed by atoms with Gasteiger partial charge in [-0.15, -0.1) is 0 Å². The molecule has 0 saturated carbocycles. The normalized spacial score (nSPS) is 13.9. The lowest BCUT2D eigenvalue weighted by Crippen LogP contribution is -2.39. The van der Waals surface area contributed by atoms with Gasteiger partial charge in [0.15, 0.2) is 0 Å². The van der Waals surface area contributed by atoms with Gasteiger partial charge in [0.1, 0.15) is 5.60 Å². The fourth-order valence-corrected chi connectivity index (χ4v) is 2.91. The third kappa shape index (κ3) is 4.02. The van der Waals surface area contributed by atoms with Crippen LogP contribution < -0.4 is 5.73 Å². The molecule has 0 spiro atoms. The summed E-state index contributed by atoms with van der Waals surface area (Å²) in [4.78, 5) is 29.5. The maximum atomic E-state index is 12.3. The van der Waals surface area contributed by atoms with E-state index in [9.17, 15) is 9.59 Å². The molecule has 1 aromatic heterocycles. The van der Waals surface area contributed by atoms with Crippen molar-refractivity contribution in [2.24, 2.45) is 5.73 Å². The number of ether oxygens (including phenoxy) is 1. The van der Waals surface area contributed by atoms with Crippen LogP contribution in [0.25, 0.3) is 11.3 Å². The van der Waals surface area contributed by atoms with Crippen LogP contribution in [0.3, 0.4) is 0 Å². The number of hydrogen-bond donors (Lipinski definition) is 1. The minimum atomic E-state index is -0.509. The second-order valence-electron chi connectivity index (χ2n) is 7.43. The summed E-state index contributed by atoms with van der Waals surface area (Å²) in [5.41, 5.74) is 9.12. The average Bonchev–Trinajstić information content (AvgIpc) is 2.59. The maximum Gasteiger partial charge on any atom is 0.410 e. The van der Waals surface area contributed by atoms with Crippen LogP contribution in [-0.4, -0.2) is 34.0 Å². The van der Waals surface area contributed by atoms with E-state index < -0.39 is 11.5 Å². The Hall–Kier alpha value is -2.89. The van der Waals surface area contributed by atoms with Crippen molar-refractivity contribution in [1.29, 1.82) is 0 Å². The van der Waals surface area contributed by atoms with Crippen molar-refractivity contribution in [3.63, 3.8) is 0 Å². The SMILES string of the molecule is CC(C)(C)OC(=O)N1CCc2ccc(-c3ccc(C(N)=O)cn3)cc2C1. The van der Waals surface area contributed by atoms with Crippen molar-refractivity contribution in [1.82, 2.24) is 9.88 Å². The summed E-state index contributed by atoms with van der Waals surface area (Å²) in [5.74, 6) is -0.498. The van der Waals surface area contributed by atoms with Crippen molar-refractivity contribution >= 4 is 12.0 Å². The van der Waals surface area contributed by atoms with Gasteiger partial charge in [-0.3, -0.25) is 9.78 Å². The number of hydrogen-bond acceptors (Lipinski definition) is 4. The number of pyridine rings is 1. The molecular formula is C20H23N3O3. The second kappa shape index (κ2) is 6.78. The van der Waals surface area contributed by atoms with Crippen LogP contribution in [0.2, 0.25) is 0 Å². The number of nitrogens with two attached hydrogens (primary N) is 1. The zero-order chi connectivity index (χ0) is 18.9. The minimum absolute atomic E-state index is 0.294. The second-order valence-corrected chi connectivity index (χ2v) is 7.43. The third-order valence-electron chi connectivity index (χ3n) is 4.21. The van der Waals surface area contributed by atoms with Gasteiger partial charge < -0.3 is 15.4 Å². The Morgan fingerprint density at radius 3 is 2.54 bits per heavy atom. The number of carbonyl (C=O) groups is 2. The standard InChI is InChI=1S/C20H23N3O3/c1-20(2,3)26-19(25)23-9-8-13-4-5-14(10-16(13)12-23)17-7-6-15(11-22-17)18(21)24/h4-7,10-11H,8-9,12H2,1-3H3,(H2,21,24). The van der Waals surface area contributed by atoms with Crippen molar-refractivity contribution in [2.45, 2.75) is 39.3 Å². The number of aromatic nitrogens is 1. The Balaban J connectivity index is 1.81. The highest BCUT2D eigenvalue weighted by Gasteiger charge is 2.25. The molecule has 2 amide bonds. The average molecular weight is 353 g/mol. The van der Waals surface area contributed by atoms with Crippen LogP contribution in [0.15, 0.2) is 36.5 Å². The smallest absolute Gasteiger partial charge is 0.410 e. The van der Waals surface area contributed by atoms with E-state index in [4.69, 9.17) is 10.5 Å². The molecule has 2 N–H and O–H groups in total. The predicted octanol–water partition coefficient (Wildman–Crippen LogP) is 3.14. The molecule has 0 atom stereocenters. The number of amides is 2. The number of carbonyl (C=O) groups excluding carboxylic acids is 2. The van der Waals surface area contributed by atoms with Gasteiger partial charge >= 0.3 is 6.09 Å². The molecule has 0 radical (unpaired) electrons. The first kappa shape index (κ1) is 17.9. The summed E-state index contributed by atoms with van der Waals surface area (Å²) in [5, 5.41) is 0. The predicted molar refractivity (Wildman–Crippen MR) is 98.5 cm³/mol. The van der Waals surface area contributed by atoms with Gasteiger partial charge in [0, 0.05) is 24.8 Å². The molecule has 0 unspecified atom stereocenters. The van der Waals surface area contributed by atoms with Crippen LogP contribution in [0, 0.1) is 0 Å². The van der Waals surface area contributed by atoms with Gasteiger partial charge in [-0.05, 0) is 56.5 Å². The number of rotatable bonds is 2. The lowest BCUT2D eigenvalue weighted by molar-refractivity contribution is 0.0224. The first-order valence-corrected chi connectivity index (χ1v) is 8.59. The van der Waals surface area contributed by atoms with E-state index in [1.54, 1.807) is 17.0 Å². The lowest BCUT2D eigenvalue weighted by Gasteiger charge is -2.31. The van der Waals surface area contributed by atoms with Crippen LogP contribution in [0.5, 0.6) is 0 Å². The van der Waals surface area contributed by atoms with E-state index in [2.05, 4.69) is 11.1 Å². The molecule has 0 aliphatic carbocycles. The van der Waals surface area contributed by atoms with Crippen molar-refractivity contribution in [3.05, 3.63) is 53.2 Å². The molecule has 2 aromatic rings. The molecule has 136 valence electrons. The molecule has 1 aromatic carbocycles. The first-order valence-electron chi connectivity index (χ1n) is 8.59. The molecular weight excluding hydrogens is 330 g/mol. The Morgan fingerprint density at radius 1 is 1.15 bits per heavy atom. The quantitative estimate of drug-likeness (QED) is 0.899. The van der Waals surface area contributed by atoms with Gasteiger partial charge in [-0.25, -0.2) is 4.79 Å². The summed E-state index contributed by atoms with van der Waals surface area (Å²) >= 11 is 0. The van der Waals surface area contributed by atoms with Gasteiger partial charge in [0.2, 0.25) is 5.91 Å². The zero-order valence-corrected chi connectivity index (χ0v) is 15.3. The van der Waals surface area contributed by atoms with E-state index in [1.165, 1.54) is 11.8 Å². The summed E-state index contributed by atoms with van der Waals surface area (Å²) in [6.07, 6.45) is 1.98. The highest BCUT2D eigenvalue weighted by molar-refractivity contribution is 5.92. The number of nitrogens with zero attached hydrogens (tertiary/aromatic N) is 2. The molecule has 26 heavy (non-hydrogen) atoms. The van der Waals surface area contributed by atoms with Crippen molar-refractivity contribution in [3.8, 4) is 11.3 Å². The molecule has 0 bridgehead atoms. The molecule has 0 saturated heterocycles. The van der Waals surface area contributed by atoms with E-state index in [0.29, 0.717) is 18.7 Å². The van der Waals surface area contributed by atoms with Gasteiger partial charge in [0.25, 0.3) is 0 Å². The van der Waals surface area contributed by atoms with E-state index >= 15 is 0 Å². The molecule has 2 heterocycles. The van der Waals surface area contributed by atoms with Crippen LogP contribution in [-0.2, 0) is 17.7 Å². The van der Waals surface area contributed by atoms with Gasteiger partial charge in [0.05, 0.1) is 11.3 Å². The Bertz CT molecular complexity index is 838. The molecule has 0 fully saturated rings. The highest BCUT2D eigenvalue weighted by atomic mass is 16.6. The van der Waals surface area contributed by atoms with Crippen molar-refractivity contribution in [2.75, 3.05) is 6.54 Å². The van der Waals surface area contributed by atoms with Gasteiger partial charge in [-0.2, -0.15) is 0 Å². The fourth-order valence-electron chi connectivity index (χ4n) is 2.91. The lowest BCUT2D eigenvalue weighted by atomic mass is 9.96. The summed E-state index contributed by atoms with van der Waals surface area (Å²) < 4.78 is 5.47. The Kier molecular flexibility index (Phi) is 4.68. The summed E-state index contributed by atoms with van der Waals surface area (Å²) in [6, 6.07) is 9.56. The fraction of sp³-hybridized carbons (Fsp3) is 0.350. The number of fused-ring (bicyclic) bond motifs is 1. The summed E-state index contributed by atoms with van der Waals surface area (Å²) in [6.45, 7) is 6.75. The molecule has 6 heteroatoms. The van der Waals surface area contributed by atoms with E-state index in [0.717, 1.165) is 23.2 Å². The number of benzene rings is 1. The van der Waals surface area contributed by atoms with Crippen LogP contribution in [0.1, 0.15) is 42.3 Å². The summed E-state index contributed by atoms with van der Waals surface area (Å²) in [7, 11) is 0. The Morgan fingerprint density at radius 2 is 1.92 bits per heavy atom. The largest absolute Gasteiger partial charge is 0.444 e. The topological polar surface area (TPSA) is 85.5 Å². The Labute approximate surface area is 153 Å². The number of primary amides is 1. The van der Waals surface area contributed by atoms with Gasteiger partial charge in [-0.1, -0.05) is 12.1 Å². The molecule has 6 nitrogen and oxygen atoms in total. The maximum absolute atomic E-state index is 12.3. The highest BCUT2D eigenvalue weighted by Crippen LogP contribution is 2.26. The van der Waals surface area contributed by atoms with E-state index in [1.807, 2.05) is 32.9 Å².